The van der Waals surface area contributed by atoms with Gasteiger partial charge in [-0.05, 0) is 24.8 Å². The first kappa shape index (κ1) is 20.2. The third-order valence-electron chi connectivity index (χ3n) is 4.58. The zero-order valence-electron chi connectivity index (χ0n) is 14.8. The molecule has 3 heteroatoms. The van der Waals surface area contributed by atoms with Gasteiger partial charge < -0.3 is 10.2 Å². The maximum atomic E-state index is 10.1. The molecule has 1 rings (SSSR count). The van der Waals surface area contributed by atoms with Gasteiger partial charge in [0.2, 0.25) is 0 Å². The Kier molecular flexibility index (Phi) is 10.2. The van der Waals surface area contributed by atoms with E-state index in [0.29, 0.717) is 5.92 Å². The summed E-state index contributed by atoms with van der Waals surface area (Å²) in [5, 5.41) is 20.2. The molecular weight excluding hydrogens is 308 g/mol. The third kappa shape index (κ3) is 7.48. The molecule has 1 atom stereocenters. The molecule has 0 bridgehead atoms. The number of benzene rings is 1. The van der Waals surface area contributed by atoms with Crippen LogP contribution in [0.3, 0.4) is 0 Å². The van der Waals surface area contributed by atoms with Gasteiger partial charge >= 0.3 is 0 Å². The van der Waals surface area contributed by atoms with Crippen LogP contribution in [0.25, 0.3) is 0 Å². The number of hydrogen-bond donors (Lipinski definition) is 2. The first-order valence-electron chi connectivity index (χ1n) is 9.31. The number of halogens is 1. The van der Waals surface area contributed by atoms with Crippen LogP contribution in [0, 0.1) is 0 Å². The minimum atomic E-state index is 0.0662. The van der Waals surface area contributed by atoms with E-state index in [1.54, 1.807) is 6.07 Å². The van der Waals surface area contributed by atoms with Gasteiger partial charge in [0, 0.05) is 11.6 Å². The highest BCUT2D eigenvalue weighted by Gasteiger charge is 2.17. The molecule has 0 spiro atoms. The Bertz CT molecular complexity index is 446. The predicted molar refractivity (Wildman–Crippen MR) is 99.7 cm³/mol. The summed E-state index contributed by atoms with van der Waals surface area (Å²) in [5.41, 5.74) is 0.844. The largest absolute Gasteiger partial charge is 0.508 e. The van der Waals surface area contributed by atoms with Crippen molar-refractivity contribution in [2.75, 3.05) is 0 Å². The van der Waals surface area contributed by atoms with Crippen molar-refractivity contribution in [1.82, 2.24) is 0 Å². The SMILES string of the molecule is CCCCCCCCCCC(CCC)c1cc(O)c(Cl)cc1O. The van der Waals surface area contributed by atoms with Gasteiger partial charge in [0.1, 0.15) is 11.5 Å². The molecule has 0 saturated carbocycles. The fraction of sp³-hybridized carbons (Fsp3) is 0.700. The number of phenolic OH excluding ortho intramolecular Hbond substituents is 2. The summed E-state index contributed by atoms with van der Waals surface area (Å²) in [6.45, 7) is 4.41. The van der Waals surface area contributed by atoms with Crippen LogP contribution in [0.1, 0.15) is 96.0 Å². The zero-order chi connectivity index (χ0) is 17.1. The monoisotopic (exact) mass is 340 g/mol. The minimum Gasteiger partial charge on any atom is -0.508 e. The van der Waals surface area contributed by atoms with Gasteiger partial charge in [0.05, 0.1) is 5.02 Å². The molecular formula is C20H33ClO2. The first-order chi connectivity index (χ1) is 11.1. The number of phenols is 2. The highest BCUT2D eigenvalue weighted by atomic mass is 35.5. The average Bonchev–Trinajstić information content (AvgIpc) is 2.52. The van der Waals surface area contributed by atoms with E-state index in [2.05, 4.69) is 13.8 Å². The second-order valence-electron chi connectivity index (χ2n) is 6.61. The van der Waals surface area contributed by atoms with E-state index in [1.807, 2.05) is 0 Å². The maximum Gasteiger partial charge on any atom is 0.134 e. The van der Waals surface area contributed by atoms with Crippen LogP contribution in [0.2, 0.25) is 5.02 Å². The third-order valence-corrected chi connectivity index (χ3v) is 4.88. The maximum absolute atomic E-state index is 10.1. The molecule has 0 heterocycles. The minimum absolute atomic E-state index is 0.0662. The van der Waals surface area contributed by atoms with Gasteiger partial charge in [0.15, 0.2) is 0 Å². The lowest BCUT2D eigenvalue weighted by atomic mass is 9.88. The van der Waals surface area contributed by atoms with Crippen molar-refractivity contribution < 1.29 is 10.2 Å². The normalized spacial score (nSPS) is 12.5. The lowest BCUT2D eigenvalue weighted by Gasteiger charge is -2.18. The standard InChI is InChI=1S/C20H33ClO2/c1-3-5-6-7-8-9-10-11-13-16(12-4-2)17-14-20(23)18(21)15-19(17)22/h14-16,22-23H,3-13H2,1-2H3. The van der Waals surface area contributed by atoms with Crippen LogP contribution in [0.5, 0.6) is 11.5 Å². The molecule has 0 saturated heterocycles. The van der Waals surface area contributed by atoms with Crippen LogP contribution in [-0.4, -0.2) is 10.2 Å². The Morgan fingerprint density at radius 2 is 1.39 bits per heavy atom. The topological polar surface area (TPSA) is 40.5 Å². The van der Waals surface area contributed by atoms with E-state index in [1.165, 1.54) is 57.4 Å². The Balaban J connectivity index is 2.42. The van der Waals surface area contributed by atoms with Crippen molar-refractivity contribution in [2.24, 2.45) is 0 Å². The van der Waals surface area contributed by atoms with Crippen molar-refractivity contribution >= 4 is 11.6 Å². The lowest BCUT2D eigenvalue weighted by Crippen LogP contribution is -2.00. The Hall–Kier alpha value is -0.890. The fourth-order valence-electron chi connectivity index (χ4n) is 3.22. The molecule has 2 nitrogen and oxygen atoms in total. The molecule has 1 unspecified atom stereocenters. The van der Waals surface area contributed by atoms with Gasteiger partial charge in [-0.25, -0.2) is 0 Å². The van der Waals surface area contributed by atoms with E-state index < -0.39 is 0 Å². The molecule has 23 heavy (non-hydrogen) atoms. The van der Waals surface area contributed by atoms with Crippen LogP contribution >= 0.6 is 11.6 Å². The highest BCUT2D eigenvalue weighted by Crippen LogP contribution is 2.39. The summed E-state index contributed by atoms with van der Waals surface area (Å²) in [6, 6.07) is 3.10. The zero-order valence-corrected chi connectivity index (χ0v) is 15.5. The van der Waals surface area contributed by atoms with Crippen molar-refractivity contribution in [3.8, 4) is 11.5 Å². The number of unbranched alkanes of at least 4 members (excludes halogenated alkanes) is 7. The quantitative estimate of drug-likeness (QED) is 0.313. The van der Waals surface area contributed by atoms with E-state index in [0.717, 1.165) is 24.8 Å². The smallest absolute Gasteiger partial charge is 0.134 e. The van der Waals surface area contributed by atoms with Crippen LogP contribution in [-0.2, 0) is 0 Å². The molecule has 2 N–H and O–H groups in total. The highest BCUT2D eigenvalue weighted by molar-refractivity contribution is 6.32. The fourth-order valence-corrected chi connectivity index (χ4v) is 3.38. The molecule has 1 aromatic carbocycles. The van der Waals surface area contributed by atoms with Crippen molar-refractivity contribution in [3.05, 3.63) is 22.7 Å². The summed E-state index contributed by atoms with van der Waals surface area (Å²) in [7, 11) is 0. The Labute approximate surface area is 146 Å². The van der Waals surface area contributed by atoms with Gasteiger partial charge in [-0.3, -0.25) is 0 Å². The van der Waals surface area contributed by atoms with Gasteiger partial charge in [-0.1, -0.05) is 83.2 Å². The van der Waals surface area contributed by atoms with E-state index >= 15 is 0 Å². The molecule has 1 aromatic rings. The molecule has 0 aromatic heterocycles. The van der Waals surface area contributed by atoms with Gasteiger partial charge in [-0.2, -0.15) is 0 Å². The molecule has 132 valence electrons. The molecule has 0 fully saturated rings. The average molecular weight is 341 g/mol. The molecule has 0 aliphatic carbocycles. The second-order valence-corrected chi connectivity index (χ2v) is 7.02. The van der Waals surface area contributed by atoms with Crippen molar-refractivity contribution in [1.29, 1.82) is 0 Å². The number of aromatic hydroxyl groups is 2. The van der Waals surface area contributed by atoms with E-state index in [9.17, 15) is 10.2 Å². The lowest BCUT2D eigenvalue weighted by molar-refractivity contribution is 0.435. The van der Waals surface area contributed by atoms with Gasteiger partial charge in [0.25, 0.3) is 0 Å². The predicted octanol–water partition coefficient (Wildman–Crippen LogP) is 7.17. The van der Waals surface area contributed by atoms with Crippen LogP contribution in [0.15, 0.2) is 12.1 Å². The molecule has 0 aliphatic rings. The summed E-state index contributed by atoms with van der Waals surface area (Å²) in [5.74, 6) is 0.588. The summed E-state index contributed by atoms with van der Waals surface area (Å²) < 4.78 is 0. The number of hydrogen-bond acceptors (Lipinski definition) is 2. The van der Waals surface area contributed by atoms with Crippen molar-refractivity contribution in [3.63, 3.8) is 0 Å². The van der Waals surface area contributed by atoms with Gasteiger partial charge in [-0.15, -0.1) is 0 Å². The summed E-state index contributed by atoms with van der Waals surface area (Å²) >= 11 is 5.86. The molecule has 0 amide bonds. The second kappa shape index (κ2) is 11.6. The Morgan fingerprint density at radius 1 is 0.783 bits per heavy atom. The first-order valence-corrected chi connectivity index (χ1v) is 9.69. The molecule has 0 radical (unpaired) electrons. The Morgan fingerprint density at radius 3 is 2.00 bits per heavy atom. The number of rotatable bonds is 12. The van der Waals surface area contributed by atoms with E-state index in [-0.39, 0.29) is 16.5 Å². The van der Waals surface area contributed by atoms with E-state index in [4.69, 9.17) is 11.6 Å². The van der Waals surface area contributed by atoms with Crippen LogP contribution < -0.4 is 0 Å². The molecule has 0 aliphatic heterocycles. The van der Waals surface area contributed by atoms with Crippen LogP contribution in [0.4, 0.5) is 0 Å². The van der Waals surface area contributed by atoms with Crippen molar-refractivity contribution in [2.45, 2.75) is 90.4 Å². The summed E-state index contributed by atoms with van der Waals surface area (Å²) in [4.78, 5) is 0. The summed E-state index contributed by atoms with van der Waals surface area (Å²) in [6.07, 6.45) is 13.6.